The SMILES string of the molecule is O=C(NOCC1CC1)C(=O)[C@H](Cc1ccccc1)NC(=O)c1cccnc1-n1ccc(-c2ccccc2)n1. The lowest BCUT2D eigenvalue weighted by atomic mass is 10.0. The fourth-order valence-corrected chi connectivity index (χ4v) is 3.97. The summed E-state index contributed by atoms with van der Waals surface area (Å²) < 4.78 is 1.52. The molecule has 192 valence electrons. The van der Waals surface area contributed by atoms with Crippen molar-refractivity contribution in [2.45, 2.75) is 25.3 Å². The molecule has 0 saturated heterocycles. The van der Waals surface area contributed by atoms with E-state index in [0.29, 0.717) is 18.3 Å². The van der Waals surface area contributed by atoms with Crippen LogP contribution in [0.1, 0.15) is 28.8 Å². The van der Waals surface area contributed by atoms with Gasteiger partial charge in [0, 0.05) is 24.4 Å². The van der Waals surface area contributed by atoms with Gasteiger partial charge in [-0.3, -0.25) is 19.2 Å². The van der Waals surface area contributed by atoms with Crippen LogP contribution in [-0.4, -0.2) is 45.0 Å². The lowest BCUT2D eigenvalue weighted by Crippen LogP contribution is -2.49. The molecule has 9 heteroatoms. The number of carbonyl (C=O) groups is 3. The molecule has 1 fully saturated rings. The summed E-state index contributed by atoms with van der Waals surface area (Å²) in [5.41, 5.74) is 4.88. The van der Waals surface area contributed by atoms with Gasteiger partial charge < -0.3 is 5.32 Å². The molecule has 2 N–H and O–H groups in total. The van der Waals surface area contributed by atoms with E-state index >= 15 is 0 Å². The highest BCUT2D eigenvalue weighted by molar-refractivity contribution is 6.38. The number of hydrogen-bond acceptors (Lipinski definition) is 6. The standard InChI is InChI=1S/C29H27N5O4/c35-26(29(37)33-38-19-21-13-14-21)25(18-20-8-3-1-4-9-20)31-28(36)23-12-7-16-30-27(23)34-17-15-24(32-34)22-10-5-2-6-11-22/h1-12,15-17,21,25H,13-14,18-19H2,(H,31,36)(H,33,37)/t25-/m0/s1. The molecule has 1 atom stereocenters. The van der Waals surface area contributed by atoms with Crippen molar-refractivity contribution < 1.29 is 19.2 Å². The first kappa shape index (κ1) is 25.0. The first-order chi connectivity index (χ1) is 18.6. The molecule has 9 nitrogen and oxygen atoms in total. The average molecular weight is 510 g/mol. The number of hydrogen-bond donors (Lipinski definition) is 2. The highest BCUT2D eigenvalue weighted by Crippen LogP contribution is 2.28. The van der Waals surface area contributed by atoms with Crippen LogP contribution >= 0.6 is 0 Å². The lowest BCUT2D eigenvalue weighted by Gasteiger charge is -2.18. The molecule has 5 rings (SSSR count). The first-order valence-corrected chi connectivity index (χ1v) is 12.5. The summed E-state index contributed by atoms with van der Waals surface area (Å²) in [6.07, 6.45) is 5.52. The van der Waals surface area contributed by atoms with Crippen LogP contribution in [0.5, 0.6) is 0 Å². The Balaban J connectivity index is 1.36. The van der Waals surface area contributed by atoms with Gasteiger partial charge in [0.2, 0.25) is 5.78 Å². The van der Waals surface area contributed by atoms with E-state index in [2.05, 4.69) is 20.9 Å². The molecule has 1 aliphatic rings. The fourth-order valence-electron chi connectivity index (χ4n) is 3.97. The van der Waals surface area contributed by atoms with Crippen LogP contribution in [0.4, 0.5) is 0 Å². The molecule has 0 spiro atoms. The van der Waals surface area contributed by atoms with E-state index < -0.39 is 23.6 Å². The Kier molecular flexibility index (Phi) is 7.65. The second-order valence-corrected chi connectivity index (χ2v) is 9.15. The van der Waals surface area contributed by atoms with Gasteiger partial charge in [-0.15, -0.1) is 0 Å². The molecular weight excluding hydrogens is 482 g/mol. The minimum atomic E-state index is -1.11. The van der Waals surface area contributed by atoms with Crippen LogP contribution < -0.4 is 10.8 Å². The molecule has 0 radical (unpaired) electrons. The summed E-state index contributed by atoms with van der Waals surface area (Å²) in [5.74, 6) is -1.54. The fraction of sp³-hybridized carbons (Fsp3) is 0.207. The number of benzene rings is 2. The van der Waals surface area contributed by atoms with E-state index in [-0.39, 0.29) is 12.0 Å². The number of amides is 2. The topological polar surface area (TPSA) is 115 Å². The number of carbonyl (C=O) groups excluding carboxylic acids is 3. The van der Waals surface area contributed by atoms with Crippen LogP contribution in [0, 0.1) is 5.92 Å². The van der Waals surface area contributed by atoms with Crippen molar-refractivity contribution in [2.24, 2.45) is 5.92 Å². The largest absolute Gasteiger partial charge is 0.341 e. The Morgan fingerprint density at radius 1 is 0.947 bits per heavy atom. The third-order valence-corrected chi connectivity index (χ3v) is 6.22. The van der Waals surface area contributed by atoms with Gasteiger partial charge in [0.15, 0.2) is 5.82 Å². The number of hydroxylamine groups is 1. The first-order valence-electron chi connectivity index (χ1n) is 12.5. The summed E-state index contributed by atoms with van der Waals surface area (Å²) >= 11 is 0. The molecular formula is C29H27N5O4. The van der Waals surface area contributed by atoms with Crippen molar-refractivity contribution >= 4 is 17.6 Å². The third-order valence-electron chi connectivity index (χ3n) is 6.22. The van der Waals surface area contributed by atoms with E-state index in [1.54, 1.807) is 24.5 Å². The van der Waals surface area contributed by atoms with E-state index in [0.717, 1.165) is 29.7 Å². The number of rotatable bonds is 11. The monoisotopic (exact) mass is 509 g/mol. The van der Waals surface area contributed by atoms with Crippen LogP contribution in [0.3, 0.4) is 0 Å². The van der Waals surface area contributed by atoms with Crippen LogP contribution in [0.2, 0.25) is 0 Å². The molecule has 4 aromatic rings. The van der Waals surface area contributed by atoms with Crippen molar-refractivity contribution in [1.29, 1.82) is 0 Å². The molecule has 2 heterocycles. The van der Waals surface area contributed by atoms with Gasteiger partial charge in [-0.1, -0.05) is 60.7 Å². The number of nitrogens with one attached hydrogen (secondary N) is 2. The Bertz CT molecular complexity index is 1420. The van der Waals surface area contributed by atoms with Crippen molar-refractivity contribution in [3.8, 4) is 17.1 Å². The Labute approximate surface area is 219 Å². The molecule has 1 aliphatic carbocycles. The minimum Gasteiger partial charge on any atom is -0.341 e. The quantitative estimate of drug-likeness (QED) is 0.237. The normalized spacial score (nSPS) is 13.5. The summed E-state index contributed by atoms with van der Waals surface area (Å²) in [4.78, 5) is 48.6. The van der Waals surface area contributed by atoms with Gasteiger partial charge in [-0.05, 0) is 42.5 Å². The van der Waals surface area contributed by atoms with Gasteiger partial charge in [-0.25, -0.2) is 15.1 Å². The van der Waals surface area contributed by atoms with Gasteiger partial charge in [-0.2, -0.15) is 5.10 Å². The summed E-state index contributed by atoms with van der Waals surface area (Å²) in [6, 6.07) is 22.8. The van der Waals surface area contributed by atoms with Gasteiger partial charge in [0.1, 0.15) is 6.04 Å². The van der Waals surface area contributed by atoms with E-state index in [1.807, 2.05) is 66.7 Å². The molecule has 2 aromatic carbocycles. The summed E-state index contributed by atoms with van der Waals surface area (Å²) in [6.45, 7) is 0.364. The summed E-state index contributed by atoms with van der Waals surface area (Å²) in [7, 11) is 0. The van der Waals surface area contributed by atoms with Gasteiger partial charge in [0.05, 0.1) is 17.9 Å². The second-order valence-electron chi connectivity index (χ2n) is 9.15. The van der Waals surface area contributed by atoms with Crippen molar-refractivity contribution in [3.05, 3.63) is 102 Å². The average Bonchev–Trinajstić information content (AvgIpc) is 3.65. The molecule has 0 aliphatic heterocycles. The van der Waals surface area contributed by atoms with Crippen LogP contribution in [0.15, 0.2) is 91.3 Å². The zero-order valence-electron chi connectivity index (χ0n) is 20.6. The zero-order valence-corrected chi connectivity index (χ0v) is 20.6. The molecule has 0 bridgehead atoms. The lowest BCUT2D eigenvalue weighted by molar-refractivity contribution is -0.147. The van der Waals surface area contributed by atoms with Gasteiger partial charge >= 0.3 is 5.91 Å². The van der Waals surface area contributed by atoms with Gasteiger partial charge in [0.25, 0.3) is 5.91 Å². The van der Waals surface area contributed by atoms with Crippen molar-refractivity contribution in [2.75, 3.05) is 6.61 Å². The highest BCUT2D eigenvalue weighted by atomic mass is 16.7. The number of Topliss-reactive ketones (excluding diaryl/α,β-unsaturated/α-hetero) is 1. The molecule has 1 saturated carbocycles. The maximum Gasteiger partial charge on any atom is 0.313 e. The predicted octanol–water partition coefficient (Wildman–Crippen LogP) is 3.30. The second kappa shape index (κ2) is 11.6. The zero-order chi connectivity index (χ0) is 26.3. The molecule has 2 aromatic heterocycles. The number of aromatic nitrogens is 3. The third kappa shape index (κ3) is 6.19. The van der Waals surface area contributed by atoms with Crippen LogP contribution in [0.25, 0.3) is 17.1 Å². The van der Waals surface area contributed by atoms with E-state index in [4.69, 9.17) is 4.84 Å². The van der Waals surface area contributed by atoms with Crippen molar-refractivity contribution in [1.82, 2.24) is 25.6 Å². The number of ketones is 1. The maximum absolute atomic E-state index is 13.4. The minimum absolute atomic E-state index is 0.136. The van der Waals surface area contributed by atoms with Crippen LogP contribution in [-0.2, 0) is 20.8 Å². The predicted molar refractivity (Wildman–Crippen MR) is 140 cm³/mol. The summed E-state index contributed by atoms with van der Waals surface area (Å²) in [5, 5.41) is 7.32. The smallest absolute Gasteiger partial charge is 0.313 e. The molecule has 2 amide bonds. The van der Waals surface area contributed by atoms with Crippen molar-refractivity contribution in [3.63, 3.8) is 0 Å². The maximum atomic E-state index is 13.4. The molecule has 0 unspecified atom stereocenters. The Hall–Kier alpha value is -4.63. The number of pyridine rings is 1. The number of nitrogens with zero attached hydrogens (tertiary/aromatic N) is 3. The highest BCUT2D eigenvalue weighted by Gasteiger charge is 2.30. The Morgan fingerprint density at radius 2 is 1.68 bits per heavy atom. The molecule has 38 heavy (non-hydrogen) atoms. The van der Waals surface area contributed by atoms with E-state index in [1.165, 1.54) is 4.68 Å². The van der Waals surface area contributed by atoms with E-state index in [9.17, 15) is 14.4 Å². The Morgan fingerprint density at radius 3 is 2.42 bits per heavy atom.